The molecule has 3 nitrogen and oxygen atoms in total. The van der Waals surface area contributed by atoms with Crippen molar-refractivity contribution >= 4 is 0 Å². The SMILES string of the molecule is CC(C)(CO)CN1CCNCC1. The molecule has 1 rings (SSSR count). The molecule has 0 aliphatic carbocycles. The quantitative estimate of drug-likeness (QED) is 0.624. The van der Waals surface area contributed by atoms with E-state index in [0.717, 1.165) is 32.7 Å². The van der Waals surface area contributed by atoms with Gasteiger partial charge in [-0.3, -0.25) is 0 Å². The lowest BCUT2D eigenvalue weighted by atomic mass is 9.94. The molecule has 0 radical (unpaired) electrons. The first-order valence-corrected chi connectivity index (χ1v) is 4.68. The Hall–Kier alpha value is -0.120. The summed E-state index contributed by atoms with van der Waals surface area (Å²) in [6.45, 7) is 9.89. The molecule has 1 saturated heterocycles. The predicted molar refractivity (Wildman–Crippen MR) is 50.2 cm³/mol. The van der Waals surface area contributed by atoms with E-state index in [2.05, 4.69) is 24.1 Å². The first-order chi connectivity index (χ1) is 5.64. The number of rotatable bonds is 3. The van der Waals surface area contributed by atoms with Gasteiger partial charge in [0.15, 0.2) is 0 Å². The molecule has 72 valence electrons. The average Bonchev–Trinajstić information content (AvgIpc) is 2.06. The summed E-state index contributed by atoms with van der Waals surface area (Å²) in [6, 6.07) is 0. The first kappa shape index (κ1) is 9.96. The van der Waals surface area contributed by atoms with Gasteiger partial charge in [0.1, 0.15) is 0 Å². The highest BCUT2D eigenvalue weighted by molar-refractivity contribution is 4.76. The van der Waals surface area contributed by atoms with Crippen LogP contribution in [0.2, 0.25) is 0 Å². The van der Waals surface area contributed by atoms with Crippen molar-refractivity contribution in [2.75, 3.05) is 39.3 Å². The Labute approximate surface area is 74.8 Å². The third kappa shape index (κ3) is 3.09. The van der Waals surface area contributed by atoms with Crippen LogP contribution in [0.3, 0.4) is 0 Å². The third-order valence-electron chi connectivity index (χ3n) is 2.29. The normalized spacial score (nSPS) is 21.2. The second-order valence-electron chi connectivity index (χ2n) is 4.35. The van der Waals surface area contributed by atoms with Gasteiger partial charge in [-0.15, -0.1) is 0 Å². The molecule has 0 spiro atoms. The molecule has 1 heterocycles. The number of nitrogens with zero attached hydrogens (tertiary/aromatic N) is 1. The number of aliphatic hydroxyl groups is 1. The van der Waals surface area contributed by atoms with E-state index < -0.39 is 0 Å². The maximum atomic E-state index is 9.08. The molecule has 0 unspecified atom stereocenters. The minimum Gasteiger partial charge on any atom is -0.396 e. The second kappa shape index (κ2) is 4.21. The van der Waals surface area contributed by atoms with Gasteiger partial charge < -0.3 is 15.3 Å². The molecule has 12 heavy (non-hydrogen) atoms. The van der Waals surface area contributed by atoms with Crippen molar-refractivity contribution in [1.82, 2.24) is 10.2 Å². The van der Waals surface area contributed by atoms with Gasteiger partial charge in [-0.05, 0) is 0 Å². The summed E-state index contributed by atoms with van der Waals surface area (Å²) in [5, 5.41) is 12.4. The molecule has 2 N–H and O–H groups in total. The van der Waals surface area contributed by atoms with E-state index in [1.807, 2.05) is 0 Å². The molecule has 3 heteroatoms. The van der Waals surface area contributed by atoms with Crippen LogP contribution in [0.25, 0.3) is 0 Å². The van der Waals surface area contributed by atoms with E-state index in [1.54, 1.807) is 0 Å². The largest absolute Gasteiger partial charge is 0.396 e. The molecule has 0 amide bonds. The molecule has 1 aliphatic rings. The Bertz CT molecular complexity index is 130. The number of hydrogen-bond acceptors (Lipinski definition) is 3. The van der Waals surface area contributed by atoms with E-state index in [9.17, 15) is 0 Å². The molecule has 0 aromatic carbocycles. The Morgan fingerprint density at radius 2 is 1.92 bits per heavy atom. The van der Waals surface area contributed by atoms with Crippen molar-refractivity contribution in [1.29, 1.82) is 0 Å². The molecule has 0 bridgehead atoms. The monoisotopic (exact) mass is 172 g/mol. The smallest absolute Gasteiger partial charge is 0.0494 e. The summed E-state index contributed by atoms with van der Waals surface area (Å²) in [6.07, 6.45) is 0. The standard InChI is InChI=1S/C9H20N2O/c1-9(2,8-12)7-11-5-3-10-4-6-11/h10,12H,3-8H2,1-2H3. The highest BCUT2D eigenvalue weighted by Crippen LogP contribution is 2.15. The van der Waals surface area contributed by atoms with Crippen LogP contribution in [0.1, 0.15) is 13.8 Å². The van der Waals surface area contributed by atoms with Crippen molar-refractivity contribution in [2.45, 2.75) is 13.8 Å². The van der Waals surface area contributed by atoms with Crippen LogP contribution in [-0.2, 0) is 0 Å². The molecule has 0 aromatic heterocycles. The van der Waals surface area contributed by atoms with Gasteiger partial charge in [0, 0.05) is 44.7 Å². The topological polar surface area (TPSA) is 35.5 Å². The summed E-state index contributed by atoms with van der Waals surface area (Å²) in [7, 11) is 0. The van der Waals surface area contributed by atoms with Crippen LogP contribution in [0.4, 0.5) is 0 Å². The van der Waals surface area contributed by atoms with Gasteiger partial charge in [-0.1, -0.05) is 13.8 Å². The minimum absolute atomic E-state index is 0.0529. The van der Waals surface area contributed by atoms with Gasteiger partial charge >= 0.3 is 0 Å². The van der Waals surface area contributed by atoms with Crippen molar-refractivity contribution < 1.29 is 5.11 Å². The van der Waals surface area contributed by atoms with E-state index in [-0.39, 0.29) is 12.0 Å². The zero-order valence-electron chi connectivity index (χ0n) is 8.14. The maximum Gasteiger partial charge on any atom is 0.0494 e. The van der Waals surface area contributed by atoms with Crippen LogP contribution in [0, 0.1) is 5.41 Å². The van der Waals surface area contributed by atoms with Crippen molar-refractivity contribution in [3.63, 3.8) is 0 Å². The summed E-state index contributed by atoms with van der Waals surface area (Å²) in [5.74, 6) is 0. The summed E-state index contributed by atoms with van der Waals surface area (Å²) in [5.41, 5.74) is 0.0529. The van der Waals surface area contributed by atoms with E-state index in [0.29, 0.717) is 0 Å². The Balaban J connectivity index is 2.28. The fourth-order valence-corrected chi connectivity index (χ4v) is 1.52. The third-order valence-corrected chi connectivity index (χ3v) is 2.29. The summed E-state index contributed by atoms with van der Waals surface area (Å²) in [4.78, 5) is 2.41. The van der Waals surface area contributed by atoms with E-state index in [4.69, 9.17) is 5.11 Å². The molecule has 0 aromatic rings. The highest BCUT2D eigenvalue weighted by atomic mass is 16.3. The molecule has 1 aliphatic heterocycles. The van der Waals surface area contributed by atoms with Crippen LogP contribution in [0.15, 0.2) is 0 Å². The highest BCUT2D eigenvalue weighted by Gasteiger charge is 2.21. The van der Waals surface area contributed by atoms with E-state index in [1.165, 1.54) is 0 Å². The van der Waals surface area contributed by atoms with Crippen molar-refractivity contribution in [3.8, 4) is 0 Å². The Morgan fingerprint density at radius 1 is 1.33 bits per heavy atom. The molecular formula is C9H20N2O. The number of nitrogens with one attached hydrogen (secondary N) is 1. The Kier molecular flexibility index (Phi) is 3.50. The lowest BCUT2D eigenvalue weighted by Crippen LogP contribution is -2.47. The van der Waals surface area contributed by atoms with Gasteiger partial charge in [-0.25, -0.2) is 0 Å². The molecular weight excluding hydrogens is 152 g/mol. The molecule has 1 fully saturated rings. The maximum absolute atomic E-state index is 9.08. The van der Waals surface area contributed by atoms with E-state index >= 15 is 0 Å². The predicted octanol–water partition coefficient (Wildman–Crippen LogP) is -0.0899. The van der Waals surface area contributed by atoms with Gasteiger partial charge in [-0.2, -0.15) is 0 Å². The number of aliphatic hydroxyl groups excluding tert-OH is 1. The minimum atomic E-state index is 0.0529. The lowest BCUT2D eigenvalue weighted by molar-refractivity contribution is 0.0961. The van der Waals surface area contributed by atoms with Gasteiger partial charge in [0.05, 0.1) is 0 Å². The van der Waals surface area contributed by atoms with Crippen LogP contribution >= 0.6 is 0 Å². The first-order valence-electron chi connectivity index (χ1n) is 4.68. The second-order valence-corrected chi connectivity index (χ2v) is 4.35. The van der Waals surface area contributed by atoms with Crippen molar-refractivity contribution in [2.24, 2.45) is 5.41 Å². The number of hydrogen-bond donors (Lipinski definition) is 2. The molecule has 0 saturated carbocycles. The number of piperazine rings is 1. The zero-order chi connectivity index (χ0) is 9.03. The van der Waals surface area contributed by atoms with Crippen LogP contribution in [0.5, 0.6) is 0 Å². The Morgan fingerprint density at radius 3 is 2.42 bits per heavy atom. The summed E-state index contributed by atoms with van der Waals surface area (Å²) >= 11 is 0. The zero-order valence-corrected chi connectivity index (χ0v) is 8.14. The molecule has 0 atom stereocenters. The fourth-order valence-electron chi connectivity index (χ4n) is 1.52. The van der Waals surface area contributed by atoms with Gasteiger partial charge in [0.2, 0.25) is 0 Å². The van der Waals surface area contributed by atoms with Crippen molar-refractivity contribution in [3.05, 3.63) is 0 Å². The van der Waals surface area contributed by atoms with Gasteiger partial charge in [0.25, 0.3) is 0 Å². The average molecular weight is 172 g/mol. The van der Waals surface area contributed by atoms with Crippen LogP contribution in [-0.4, -0.2) is 49.3 Å². The fraction of sp³-hybridized carbons (Fsp3) is 1.00. The van der Waals surface area contributed by atoms with Crippen LogP contribution < -0.4 is 5.32 Å². The summed E-state index contributed by atoms with van der Waals surface area (Å²) < 4.78 is 0. The lowest BCUT2D eigenvalue weighted by Gasteiger charge is -2.33.